The van der Waals surface area contributed by atoms with Crippen LogP contribution >= 0.6 is 0 Å². The lowest BCUT2D eigenvalue weighted by molar-refractivity contribution is -0.143. The summed E-state index contributed by atoms with van der Waals surface area (Å²) < 4.78 is 19.2. The van der Waals surface area contributed by atoms with Crippen LogP contribution in [0.15, 0.2) is 60.8 Å². The Balaban J connectivity index is 1.33. The molecule has 3 aromatic rings. The molecule has 1 N–H and O–H groups in total. The number of rotatable bonds is 4. The van der Waals surface area contributed by atoms with E-state index in [1.165, 1.54) is 34.5 Å². The van der Waals surface area contributed by atoms with Crippen molar-refractivity contribution >= 4 is 0 Å². The molecule has 176 valence electrons. The molecule has 1 aliphatic carbocycles. The largest absolute Gasteiger partial charge is 0.388 e. The lowest BCUT2D eigenvalue weighted by Gasteiger charge is -2.48. The third kappa shape index (κ3) is 3.25. The van der Waals surface area contributed by atoms with E-state index < -0.39 is 6.10 Å². The summed E-state index contributed by atoms with van der Waals surface area (Å²) in [4.78, 5) is 6.87. The molecule has 3 heterocycles. The van der Waals surface area contributed by atoms with E-state index >= 15 is 0 Å². The maximum Gasteiger partial charge on any atom is 0.141 e. The Labute approximate surface area is 200 Å². The average molecular weight is 459 g/mol. The number of likely N-dealkylation sites (tertiary alicyclic amines) is 1. The molecule has 0 radical (unpaired) electrons. The number of aliphatic hydroxyl groups is 1. The third-order valence-electron chi connectivity index (χ3n) is 8.30. The quantitative estimate of drug-likeness (QED) is 0.575. The van der Waals surface area contributed by atoms with E-state index in [9.17, 15) is 9.50 Å². The first-order chi connectivity index (χ1) is 16.4. The molecule has 1 aromatic heterocycles. The van der Waals surface area contributed by atoms with Gasteiger partial charge in [0, 0.05) is 18.5 Å². The van der Waals surface area contributed by atoms with Crippen LogP contribution < -0.4 is 0 Å². The third-order valence-corrected chi connectivity index (χ3v) is 8.30. The van der Waals surface area contributed by atoms with Crippen molar-refractivity contribution < 1.29 is 14.2 Å². The summed E-state index contributed by atoms with van der Waals surface area (Å²) in [5.74, 6) is 0.116. The van der Waals surface area contributed by atoms with E-state index in [-0.39, 0.29) is 16.8 Å². The number of halogens is 1. The zero-order valence-corrected chi connectivity index (χ0v) is 19.8. The Morgan fingerprint density at radius 1 is 1.12 bits per heavy atom. The number of benzene rings is 2. The number of pyridine rings is 1. The van der Waals surface area contributed by atoms with E-state index in [1.807, 2.05) is 0 Å². The monoisotopic (exact) mass is 458 g/mol. The van der Waals surface area contributed by atoms with Crippen LogP contribution in [0.4, 0.5) is 4.39 Å². The molecular weight excluding hydrogens is 427 g/mol. The SMILES string of the molecule is CC(C)c1ccccc1-c1ccc2c(c1)C(O)CC21CCN(C2(c3ccc(F)cn3)COC2)C1. The molecule has 0 saturated carbocycles. The van der Waals surface area contributed by atoms with Crippen LogP contribution in [0.5, 0.6) is 0 Å². The minimum atomic E-state index is -0.460. The minimum Gasteiger partial charge on any atom is -0.388 e. The molecule has 0 amide bonds. The summed E-state index contributed by atoms with van der Waals surface area (Å²) in [6, 6.07) is 18.5. The van der Waals surface area contributed by atoms with Gasteiger partial charge in [-0.05, 0) is 64.8 Å². The Bertz CT molecular complexity index is 1220. The topological polar surface area (TPSA) is 45.6 Å². The summed E-state index contributed by atoms with van der Waals surface area (Å²) in [5, 5.41) is 11.2. The van der Waals surface area contributed by atoms with Crippen molar-refractivity contribution in [1.82, 2.24) is 9.88 Å². The molecular formula is C29H31FN2O2. The zero-order valence-electron chi connectivity index (χ0n) is 19.8. The second-order valence-corrected chi connectivity index (χ2v) is 10.6. The lowest BCUT2D eigenvalue weighted by atomic mass is 9.80. The number of hydrogen-bond acceptors (Lipinski definition) is 4. The molecule has 2 atom stereocenters. The van der Waals surface area contributed by atoms with Crippen molar-refractivity contribution in [3.05, 3.63) is 89.0 Å². The van der Waals surface area contributed by atoms with Gasteiger partial charge >= 0.3 is 0 Å². The zero-order chi connectivity index (χ0) is 23.5. The first-order valence-electron chi connectivity index (χ1n) is 12.3. The Hall–Kier alpha value is -2.60. The molecule has 2 aromatic carbocycles. The molecule has 4 nitrogen and oxygen atoms in total. The summed E-state index contributed by atoms with van der Waals surface area (Å²) >= 11 is 0. The molecule has 5 heteroatoms. The van der Waals surface area contributed by atoms with Crippen molar-refractivity contribution in [3.8, 4) is 11.1 Å². The molecule has 3 aliphatic rings. The number of nitrogens with zero attached hydrogens (tertiary/aromatic N) is 2. The van der Waals surface area contributed by atoms with Crippen LogP contribution in [0.1, 0.15) is 61.1 Å². The first-order valence-corrected chi connectivity index (χ1v) is 12.3. The van der Waals surface area contributed by atoms with Gasteiger partial charge in [0.15, 0.2) is 0 Å². The fourth-order valence-electron chi connectivity index (χ4n) is 6.41. The maximum atomic E-state index is 13.5. The van der Waals surface area contributed by atoms with E-state index in [0.717, 1.165) is 37.2 Å². The normalized spacial score (nSPS) is 25.6. The molecule has 0 bridgehead atoms. The van der Waals surface area contributed by atoms with Crippen molar-refractivity contribution in [2.45, 2.75) is 49.7 Å². The van der Waals surface area contributed by atoms with E-state index in [2.05, 4.69) is 66.2 Å². The second-order valence-electron chi connectivity index (χ2n) is 10.6. The number of fused-ring (bicyclic) bond motifs is 2. The summed E-state index contributed by atoms with van der Waals surface area (Å²) in [7, 11) is 0. The summed E-state index contributed by atoms with van der Waals surface area (Å²) in [6.45, 7) is 7.34. The number of aliphatic hydroxyl groups excluding tert-OH is 1. The molecule has 1 spiro atoms. The molecule has 2 saturated heterocycles. The van der Waals surface area contributed by atoms with Gasteiger partial charge in [-0.15, -0.1) is 0 Å². The molecule has 34 heavy (non-hydrogen) atoms. The molecule has 2 aliphatic heterocycles. The highest BCUT2D eigenvalue weighted by molar-refractivity contribution is 5.70. The van der Waals surface area contributed by atoms with E-state index in [4.69, 9.17) is 4.74 Å². The van der Waals surface area contributed by atoms with E-state index in [1.54, 1.807) is 6.07 Å². The van der Waals surface area contributed by atoms with Crippen LogP contribution in [0, 0.1) is 5.82 Å². The van der Waals surface area contributed by atoms with E-state index in [0.29, 0.717) is 19.1 Å². The van der Waals surface area contributed by atoms with Crippen LogP contribution in [0.3, 0.4) is 0 Å². The standard InChI is InChI=1S/C29H31FN2O2/c1-19(2)22-5-3-4-6-23(22)20-7-9-25-24(13-20)26(33)14-28(25)11-12-32(16-28)29(17-34-18-29)27-10-8-21(30)15-31-27/h3-10,13,15,19,26,33H,11-12,14,16-18H2,1-2H3. The Morgan fingerprint density at radius 3 is 2.65 bits per heavy atom. The fraction of sp³-hybridized carbons (Fsp3) is 0.414. The van der Waals surface area contributed by atoms with Crippen LogP contribution in [0.25, 0.3) is 11.1 Å². The highest BCUT2D eigenvalue weighted by atomic mass is 19.1. The summed E-state index contributed by atoms with van der Waals surface area (Å²) in [6.07, 6.45) is 2.56. The second kappa shape index (κ2) is 7.98. The van der Waals surface area contributed by atoms with Gasteiger partial charge in [0.1, 0.15) is 11.4 Å². The molecule has 6 rings (SSSR count). The van der Waals surface area contributed by atoms with Gasteiger partial charge in [-0.25, -0.2) is 4.39 Å². The van der Waals surface area contributed by atoms with Gasteiger partial charge in [-0.1, -0.05) is 50.2 Å². The maximum absolute atomic E-state index is 13.5. The van der Waals surface area contributed by atoms with Crippen molar-refractivity contribution in [2.24, 2.45) is 0 Å². The smallest absolute Gasteiger partial charge is 0.141 e. The van der Waals surface area contributed by atoms with Gasteiger partial charge in [-0.3, -0.25) is 9.88 Å². The average Bonchev–Trinajstić information content (AvgIpc) is 3.35. The highest BCUT2D eigenvalue weighted by Crippen LogP contribution is 2.53. The molecule has 2 unspecified atom stereocenters. The Morgan fingerprint density at radius 2 is 1.94 bits per heavy atom. The molecule has 2 fully saturated rings. The number of hydrogen-bond donors (Lipinski definition) is 1. The fourth-order valence-corrected chi connectivity index (χ4v) is 6.41. The van der Waals surface area contributed by atoms with Gasteiger partial charge in [-0.2, -0.15) is 0 Å². The van der Waals surface area contributed by atoms with Crippen molar-refractivity contribution in [2.75, 3.05) is 26.3 Å². The lowest BCUT2D eigenvalue weighted by Crippen LogP contribution is -2.59. The summed E-state index contributed by atoms with van der Waals surface area (Å²) in [5.41, 5.74) is 6.58. The number of aromatic nitrogens is 1. The van der Waals surface area contributed by atoms with Crippen LogP contribution in [-0.4, -0.2) is 41.3 Å². The van der Waals surface area contributed by atoms with Gasteiger partial charge in [0.2, 0.25) is 0 Å². The predicted octanol–water partition coefficient (Wildman–Crippen LogP) is 5.32. The van der Waals surface area contributed by atoms with Gasteiger partial charge in [0.05, 0.1) is 31.2 Å². The minimum absolute atomic E-state index is 0.0759. The first kappa shape index (κ1) is 21.9. The predicted molar refractivity (Wildman–Crippen MR) is 130 cm³/mol. The Kier molecular flexibility index (Phi) is 5.14. The van der Waals surface area contributed by atoms with Gasteiger partial charge in [0.25, 0.3) is 0 Å². The number of ether oxygens (including phenoxy) is 1. The van der Waals surface area contributed by atoms with Gasteiger partial charge < -0.3 is 9.84 Å². The van der Waals surface area contributed by atoms with Crippen molar-refractivity contribution in [3.63, 3.8) is 0 Å². The van der Waals surface area contributed by atoms with Crippen molar-refractivity contribution in [1.29, 1.82) is 0 Å². The highest BCUT2D eigenvalue weighted by Gasteiger charge is 2.55. The van der Waals surface area contributed by atoms with Crippen LogP contribution in [0.2, 0.25) is 0 Å². The van der Waals surface area contributed by atoms with Crippen LogP contribution in [-0.2, 0) is 15.7 Å².